The third-order valence-corrected chi connectivity index (χ3v) is 4.86. The number of benzene rings is 2. The number of carbonyl (C=O) groups excluding carboxylic acids is 2. The molecule has 156 valence electrons. The second kappa shape index (κ2) is 9.45. The minimum atomic E-state index is -0.998. The van der Waals surface area contributed by atoms with Gasteiger partial charge in [-0.25, -0.2) is 4.79 Å². The summed E-state index contributed by atoms with van der Waals surface area (Å²) in [6.07, 6.45) is 1.94. The first-order valence-corrected chi connectivity index (χ1v) is 9.90. The van der Waals surface area contributed by atoms with Crippen LogP contribution in [-0.2, 0) is 19.1 Å². The van der Waals surface area contributed by atoms with E-state index in [4.69, 9.17) is 18.9 Å². The lowest BCUT2D eigenvalue weighted by molar-refractivity contribution is -0.159. The fraction of sp³-hybridized carbons (Fsp3) is 0.304. The van der Waals surface area contributed by atoms with Crippen LogP contribution >= 0.6 is 0 Å². The first-order chi connectivity index (χ1) is 14.7. The summed E-state index contributed by atoms with van der Waals surface area (Å²) in [5, 5.41) is 0. The van der Waals surface area contributed by atoms with Gasteiger partial charge in [-0.15, -0.1) is 0 Å². The Labute approximate surface area is 174 Å². The van der Waals surface area contributed by atoms with Gasteiger partial charge in [0.15, 0.2) is 11.5 Å². The summed E-state index contributed by atoms with van der Waals surface area (Å²) >= 11 is 0. The molecule has 0 aromatic heterocycles. The van der Waals surface area contributed by atoms with Crippen molar-refractivity contribution < 1.29 is 28.5 Å². The lowest BCUT2D eigenvalue weighted by atomic mass is 10.1. The highest BCUT2D eigenvalue weighted by Gasteiger charge is 2.30. The number of nitrogens with zero attached hydrogens (tertiary/aromatic N) is 1. The van der Waals surface area contributed by atoms with Gasteiger partial charge in [0, 0.05) is 24.7 Å². The van der Waals surface area contributed by atoms with Crippen molar-refractivity contribution in [2.45, 2.75) is 6.10 Å². The van der Waals surface area contributed by atoms with Gasteiger partial charge in [0.1, 0.15) is 13.2 Å². The predicted molar refractivity (Wildman–Crippen MR) is 109 cm³/mol. The Kier molecular flexibility index (Phi) is 6.29. The van der Waals surface area contributed by atoms with Crippen molar-refractivity contribution in [3.05, 3.63) is 65.7 Å². The summed E-state index contributed by atoms with van der Waals surface area (Å²) < 4.78 is 21.9. The van der Waals surface area contributed by atoms with Crippen LogP contribution in [0.15, 0.2) is 54.6 Å². The van der Waals surface area contributed by atoms with Gasteiger partial charge in [-0.3, -0.25) is 4.79 Å². The number of hydrogen-bond donors (Lipinski definition) is 0. The second-order valence-electron chi connectivity index (χ2n) is 6.90. The topological polar surface area (TPSA) is 74.3 Å². The fourth-order valence-electron chi connectivity index (χ4n) is 3.32. The molecule has 1 amide bonds. The molecule has 0 radical (unpaired) electrons. The minimum Gasteiger partial charge on any atom is -0.486 e. The van der Waals surface area contributed by atoms with Gasteiger partial charge in [-0.1, -0.05) is 36.4 Å². The van der Waals surface area contributed by atoms with Crippen molar-refractivity contribution in [1.29, 1.82) is 0 Å². The molecular formula is C23H23NO6. The third kappa shape index (κ3) is 4.80. The molecule has 0 bridgehead atoms. The molecule has 2 aromatic rings. The molecule has 1 fully saturated rings. The Morgan fingerprint density at radius 2 is 1.67 bits per heavy atom. The standard InChI is InChI=1S/C23H23NO6/c25-21(9-7-17-6-8-19-20(16-17)29-15-14-28-19)30-22(18-4-2-1-3-5-18)23(26)24-10-12-27-13-11-24/h1-9,16,22H,10-15H2/b9-7+/t22-/m0/s1. The van der Waals surface area contributed by atoms with Crippen LogP contribution in [0, 0.1) is 0 Å². The number of fused-ring (bicyclic) bond motifs is 1. The zero-order valence-electron chi connectivity index (χ0n) is 16.5. The van der Waals surface area contributed by atoms with E-state index in [1.807, 2.05) is 24.3 Å². The van der Waals surface area contributed by atoms with E-state index in [1.165, 1.54) is 6.08 Å². The first kappa shape index (κ1) is 20.0. The molecule has 0 unspecified atom stereocenters. The minimum absolute atomic E-state index is 0.245. The van der Waals surface area contributed by atoms with E-state index in [2.05, 4.69) is 0 Å². The van der Waals surface area contributed by atoms with E-state index < -0.39 is 12.1 Å². The van der Waals surface area contributed by atoms with E-state index in [0.717, 1.165) is 5.56 Å². The van der Waals surface area contributed by atoms with Crippen LogP contribution in [0.25, 0.3) is 6.08 Å². The molecule has 1 atom stereocenters. The molecule has 1 saturated heterocycles. The zero-order chi connectivity index (χ0) is 20.8. The molecule has 0 aliphatic carbocycles. The van der Waals surface area contributed by atoms with Gasteiger partial charge in [-0.2, -0.15) is 0 Å². The van der Waals surface area contributed by atoms with Crippen LogP contribution in [-0.4, -0.2) is 56.3 Å². The Balaban J connectivity index is 1.47. The maximum atomic E-state index is 13.0. The monoisotopic (exact) mass is 409 g/mol. The third-order valence-electron chi connectivity index (χ3n) is 4.86. The molecule has 30 heavy (non-hydrogen) atoms. The predicted octanol–water partition coefficient (Wildman–Crippen LogP) is 2.61. The maximum absolute atomic E-state index is 13.0. The molecule has 2 heterocycles. The number of rotatable bonds is 5. The average Bonchev–Trinajstić information content (AvgIpc) is 2.82. The summed E-state index contributed by atoms with van der Waals surface area (Å²) in [6, 6.07) is 14.5. The molecular weight excluding hydrogens is 386 g/mol. The van der Waals surface area contributed by atoms with Gasteiger partial charge in [0.25, 0.3) is 5.91 Å². The Morgan fingerprint density at radius 1 is 0.933 bits per heavy atom. The van der Waals surface area contributed by atoms with Crippen LogP contribution in [0.5, 0.6) is 11.5 Å². The van der Waals surface area contributed by atoms with Gasteiger partial charge in [0.2, 0.25) is 6.10 Å². The molecule has 2 aliphatic heterocycles. The summed E-state index contributed by atoms with van der Waals surface area (Å²) in [4.78, 5) is 27.2. The van der Waals surface area contributed by atoms with Crippen LogP contribution in [0.2, 0.25) is 0 Å². The number of hydrogen-bond acceptors (Lipinski definition) is 6. The number of carbonyl (C=O) groups is 2. The normalized spacial score (nSPS) is 16.9. The molecule has 2 aliphatic rings. The van der Waals surface area contributed by atoms with Gasteiger partial charge in [-0.05, 0) is 23.8 Å². The van der Waals surface area contributed by atoms with Crippen molar-refractivity contribution in [2.75, 3.05) is 39.5 Å². The van der Waals surface area contributed by atoms with E-state index in [1.54, 1.807) is 35.2 Å². The van der Waals surface area contributed by atoms with E-state index >= 15 is 0 Å². The quantitative estimate of drug-likeness (QED) is 0.558. The number of amides is 1. The molecule has 2 aromatic carbocycles. The number of morpholine rings is 1. The summed E-state index contributed by atoms with van der Waals surface area (Å²) in [5.41, 5.74) is 1.40. The first-order valence-electron chi connectivity index (χ1n) is 9.90. The van der Waals surface area contributed by atoms with Crippen LogP contribution in [0.1, 0.15) is 17.2 Å². The Morgan fingerprint density at radius 3 is 2.43 bits per heavy atom. The lowest BCUT2D eigenvalue weighted by Gasteiger charge is -2.30. The Bertz CT molecular complexity index is 921. The van der Waals surface area contributed by atoms with Crippen molar-refractivity contribution >= 4 is 18.0 Å². The van der Waals surface area contributed by atoms with Crippen molar-refractivity contribution in [3.8, 4) is 11.5 Å². The number of ether oxygens (including phenoxy) is 4. The molecule has 0 N–H and O–H groups in total. The van der Waals surface area contributed by atoms with Crippen molar-refractivity contribution in [2.24, 2.45) is 0 Å². The highest BCUT2D eigenvalue weighted by atomic mass is 16.6. The number of esters is 1. The van der Waals surface area contributed by atoms with Gasteiger partial charge in [0.05, 0.1) is 13.2 Å². The van der Waals surface area contributed by atoms with Gasteiger partial charge < -0.3 is 23.8 Å². The summed E-state index contributed by atoms with van der Waals surface area (Å²) in [7, 11) is 0. The molecule has 7 nitrogen and oxygen atoms in total. The molecule has 7 heteroatoms. The Hall–Kier alpha value is -3.32. The van der Waals surface area contributed by atoms with E-state index in [-0.39, 0.29) is 5.91 Å². The average molecular weight is 409 g/mol. The lowest BCUT2D eigenvalue weighted by Crippen LogP contribution is -2.44. The highest BCUT2D eigenvalue weighted by Crippen LogP contribution is 2.31. The van der Waals surface area contributed by atoms with Crippen molar-refractivity contribution in [1.82, 2.24) is 4.90 Å². The maximum Gasteiger partial charge on any atom is 0.331 e. The SMILES string of the molecule is O=C(/C=C/c1ccc2c(c1)OCCO2)O[C@H](C(=O)N1CCOCC1)c1ccccc1. The largest absolute Gasteiger partial charge is 0.486 e. The van der Waals surface area contributed by atoms with Crippen LogP contribution < -0.4 is 9.47 Å². The van der Waals surface area contributed by atoms with Gasteiger partial charge >= 0.3 is 5.97 Å². The van der Waals surface area contributed by atoms with E-state index in [9.17, 15) is 9.59 Å². The highest BCUT2D eigenvalue weighted by molar-refractivity contribution is 5.91. The smallest absolute Gasteiger partial charge is 0.331 e. The van der Waals surface area contributed by atoms with E-state index in [0.29, 0.717) is 56.6 Å². The van der Waals surface area contributed by atoms with Crippen molar-refractivity contribution in [3.63, 3.8) is 0 Å². The summed E-state index contributed by atoms with van der Waals surface area (Å²) in [6.45, 7) is 2.92. The summed E-state index contributed by atoms with van der Waals surface area (Å²) in [5.74, 6) is 0.480. The zero-order valence-corrected chi connectivity index (χ0v) is 16.5. The van der Waals surface area contributed by atoms with Crippen LogP contribution in [0.4, 0.5) is 0 Å². The van der Waals surface area contributed by atoms with Crippen LogP contribution in [0.3, 0.4) is 0 Å². The molecule has 0 saturated carbocycles. The molecule has 4 rings (SSSR count). The fourth-order valence-corrected chi connectivity index (χ4v) is 3.32. The molecule has 0 spiro atoms. The second-order valence-corrected chi connectivity index (χ2v) is 6.90.